The minimum absolute atomic E-state index is 0.0297. The molecule has 1 atom stereocenters. The molecule has 1 N–H and O–H groups in total. The minimum Gasteiger partial charge on any atom is -0.497 e. The lowest BCUT2D eigenvalue weighted by Gasteiger charge is -2.18. The molecule has 0 bridgehead atoms. The average Bonchev–Trinajstić information content (AvgIpc) is 2.62. The van der Waals surface area contributed by atoms with Gasteiger partial charge in [-0.25, -0.2) is 0 Å². The standard InChI is InChI=1S/C20H27NO3/c1-4-5-14-23-20-9-7-6-8-19(20)21-15-16(2)24-18-12-10-17(22-3)11-13-18/h6-13,16,21H,4-5,14-15H2,1-3H3. The summed E-state index contributed by atoms with van der Waals surface area (Å²) >= 11 is 0. The van der Waals surface area contributed by atoms with E-state index in [-0.39, 0.29) is 6.10 Å². The SMILES string of the molecule is CCCCOc1ccccc1NCC(C)Oc1ccc(OC)cc1. The Morgan fingerprint density at radius 2 is 1.71 bits per heavy atom. The molecule has 24 heavy (non-hydrogen) atoms. The molecule has 2 rings (SSSR count). The normalized spacial score (nSPS) is 11.6. The summed E-state index contributed by atoms with van der Waals surface area (Å²) in [5.74, 6) is 2.55. The molecule has 0 aliphatic rings. The van der Waals surface area contributed by atoms with Gasteiger partial charge >= 0.3 is 0 Å². The highest BCUT2D eigenvalue weighted by Gasteiger charge is 2.07. The van der Waals surface area contributed by atoms with Crippen molar-refractivity contribution >= 4 is 5.69 Å². The zero-order chi connectivity index (χ0) is 17.2. The van der Waals surface area contributed by atoms with Gasteiger partial charge in [0, 0.05) is 0 Å². The minimum atomic E-state index is 0.0297. The molecule has 0 radical (unpaired) electrons. The van der Waals surface area contributed by atoms with E-state index < -0.39 is 0 Å². The van der Waals surface area contributed by atoms with E-state index in [1.54, 1.807) is 7.11 Å². The molecule has 0 spiro atoms. The monoisotopic (exact) mass is 329 g/mol. The van der Waals surface area contributed by atoms with Gasteiger partial charge in [0.15, 0.2) is 0 Å². The van der Waals surface area contributed by atoms with Crippen molar-refractivity contribution in [2.45, 2.75) is 32.8 Å². The number of para-hydroxylation sites is 2. The number of nitrogens with one attached hydrogen (secondary N) is 1. The van der Waals surface area contributed by atoms with Crippen LogP contribution in [-0.2, 0) is 0 Å². The smallest absolute Gasteiger partial charge is 0.142 e. The molecule has 0 heterocycles. The van der Waals surface area contributed by atoms with Crippen LogP contribution in [0, 0.1) is 0 Å². The topological polar surface area (TPSA) is 39.7 Å². The van der Waals surface area contributed by atoms with Gasteiger partial charge in [-0.15, -0.1) is 0 Å². The summed E-state index contributed by atoms with van der Waals surface area (Å²) in [4.78, 5) is 0. The number of anilines is 1. The summed E-state index contributed by atoms with van der Waals surface area (Å²) in [6.07, 6.45) is 2.22. The summed E-state index contributed by atoms with van der Waals surface area (Å²) in [6, 6.07) is 15.6. The van der Waals surface area contributed by atoms with E-state index in [9.17, 15) is 0 Å². The fourth-order valence-corrected chi connectivity index (χ4v) is 2.25. The summed E-state index contributed by atoms with van der Waals surface area (Å²) in [7, 11) is 1.66. The van der Waals surface area contributed by atoms with Crippen LogP contribution in [0.5, 0.6) is 17.2 Å². The largest absolute Gasteiger partial charge is 0.497 e. The number of ether oxygens (including phenoxy) is 3. The van der Waals surface area contributed by atoms with Gasteiger partial charge in [0.2, 0.25) is 0 Å². The predicted octanol–water partition coefficient (Wildman–Crippen LogP) is 4.75. The average molecular weight is 329 g/mol. The van der Waals surface area contributed by atoms with Crippen molar-refractivity contribution in [3.63, 3.8) is 0 Å². The molecule has 4 nitrogen and oxygen atoms in total. The fourth-order valence-electron chi connectivity index (χ4n) is 2.25. The summed E-state index contributed by atoms with van der Waals surface area (Å²) in [6.45, 7) is 5.64. The quantitative estimate of drug-likeness (QED) is 0.638. The Labute approximate surface area is 144 Å². The second-order valence-corrected chi connectivity index (χ2v) is 5.68. The maximum absolute atomic E-state index is 5.92. The van der Waals surface area contributed by atoms with Gasteiger partial charge in [0.1, 0.15) is 23.4 Å². The van der Waals surface area contributed by atoms with Gasteiger partial charge in [0.25, 0.3) is 0 Å². The third-order valence-electron chi connectivity index (χ3n) is 3.62. The predicted molar refractivity (Wildman–Crippen MR) is 98.4 cm³/mol. The van der Waals surface area contributed by atoms with Gasteiger partial charge in [-0.05, 0) is 49.7 Å². The van der Waals surface area contributed by atoms with Crippen LogP contribution >= 0.6 is 0 Å². The number of hydrogen-bond acceptors (Lipinski definition) is 4. The second kappa shape index (κ2) is 9.71. The van der Waals surface area contributed by atoms with Crippen LogP contribution in [0.15, 0.2) is 48.5 Å². The van der Waals surface area contributed by atoms with Gasteiger partial charge in [-0.3, -0.25) is 0 Å². The third-order valence-corrected chi connectivity index (χ3v) is 3.62. The van der Waals surface area contributed by atoms with Gasteiger partial charge in [0.05, 0.1) is 25.9 Å². The van der Waals surface area contributed by atoms with Crippen LogP contribution in [-0.4, -0.2) is 26.4 Å². The Balaban J connectivity index is 1.85. The number of methoxy groups -OCH3 is 1. The highest BCUT2D eigenvalue weighted by molar-refractivity contribution is 5.56. The van der Waals surface area contributed by atoms with E-state index in [0.717, 1.165) is 42.4 Å². The van der Waals surface area contributed by atoms with Crippen LogP contribution in [0.1, 0.15) is 26.7 Å². The van der Waals surface area contributed by atoms with Gasteiger partial charge in [-0.1, -0.05) is 25.5 Å². The van der Waals surface area contributed by atoms with E-state index in [1.165, 1.54) is 0 Å². The molecular formula is C20H27NO3. The second-order valence-electron chi connectivity index (χ2n) is 5.68. The van der Waals surface area contributed by atoms with E-state index in [4.69, 9.17) is 14.2 Å². The Bertz CT molecular complexity index is 598. The molecule has 130 valence electrons. The molecule has 0 saturated carbocycles. The van der Waals surface area contributed by atoms with E-state index >= 15 is 0 Å². The zero-order valence-corrected chi connectivity index (χ0v) is 14.7. The van der Waals surface area contributed by atoms with E-state index in [0.29, 0.717) is 6.54 Å². The number of benzene rings is 2. The lowest BCUT2D eigenvalue weighted by molar-refractivity contribution is 0.234. The van der Waals surface area contributed by atoms with Gasteiger partial charge < -0.3 is 19.5 Å². The number of hydrogen-bond donors (Lipinski definition) is 1. The highest BCUT2D eigenvalue weighted by atomic mass is 16.5. The van der Waals surface area contributed by atoms with Crippen molar-refractivity contribution in [1.82, 2.24) is 0 Å². The Kier molecular flexibility index (Phi) is 7.27. The first-order chi connectivity index (χ1) is 11.7. The van der Waals surface area contributed by atoms with Crippen molar-refractivity contribution in [2.24, 2.45) is 0 Å². The molecule has 0 aromatic heterocycles. The maximum Gasteiger partial charge on any atom is 0.142 e. The summed E-state index contributed by atoms with van der Waals surface area (Å²) in [5, 5.41) is 3.41. The van der Waals surface area contributed by atoms with E-state index in [1.807, 2.05) is 55.5 Å². The first-order valence-corrected chi connectivity index (χ1v) is 8.49. The number of rotatable bonds is 10. The molecule has 0 fully saturated rings. The maximum atomic E-state index is 5.92. The molecule has 4 heteroatoms. The molecule has 0 amide bonds. The molecule has 2 aromatic carbocycles. The first kappa shape index (κ1) is 18.0. The highest BCUT2D eigenvalue weighted by Crippen LogP contribution is 2.24. The van der Waals surface area contributed by atoms with Crippen LogP contribution in [0.2, 0.25) is 0 Å². The van der Waals surface area contributed by atoms with Crippen molar-refractivity contribution < 1.29 is 14.2 Å². The number of unbranched alkanes of at least 4 members (excludes halogenated alkanes) is 1. The molecule has 1 unspecified atom stereocenters. The van der Waals surface area contributed by atoms with E-state index in [2.05, 4.69) is 12.2 Å². The van der Waals surface area contributed by atoms with Gasteiger partial charge in [-0.2, -0.15) is 0 Å². The van der Waals surface area contributed by atoms with Crippen LogP contribution in [0.3, 0.4) is 0 Å². The Morgan fingerprint density at radius 3 is 2.42 bits per heavy atom. The zero-order valence-electron chi connectivity index (χ0n) is 14.7. The van der Waals surface area contributed by atoms with Crippen molar-refractivity contribution in [3.8, 4) is 17.2 Å². The van der Waals surface area contributed by atoms with Crippen LogP contribution in [0.25, 0.3) is 0 Å². The van der Waals surface area contributed by atoms with Crippen LogP contribution in [0.4, 0.5) is 5.69 Å². The lowest BCUT2D eigenvalue weighted by atomic mass is 10.2. The Morgan fingerprint density at radius 1 is 1.00 bits per heavy atom. The fraction of sp³-hybridized carbons (Fsp3) is 0.400. The lowest BCUT2D eigenvalue weighted by Crippen LogP contribution is -2.22. The Hall–Kier alpha value is -2.36. The molecule has 2 aromatic rings. The van der Waals surface area contributed by atoms with Crippen molar-refractivity contribution in [2.75, 3.05) is 25.6 Å². The first-order valence-electron chi connectivity index (χ1n) is 8.49. The third kappa shape index (κ3) is 5.69. The molecule has 0 aliphatic carbocycles. The molecule has 0 aliphatic heterocycles. The summed E-state index contributed by atoms with van der Waals surface area (Å²) in [5.41, 5.74) is 0.999. The molecule has 0 saturated heterocycles. The van der Waals surface area contributed by atoms with Crippen molar-refractivity contribution in [1.29, 1.82) is 0 Å². The van der Waals surface area contributed by atoms with Crippen LogP contribution < -0.4 is 19.5 Å². The summed E-state index contributed by atoms with van der Waals surface area (Å²) < 4.78 is 16.9. The van der Waals surface area contributed by atoms with Crippen molar-refractivity contribution in [3.05, 3.63) is 48.5 Å². The molecular weight excluding hydrogens is 302 g/mol.